The number of benzene rings is 1. The molecular weight excluding hydrogens is 368 g/mol. The number of carbonyl (C=O) groups excluding carboxylic acids is 2. The van der Waals surface area contributed by atoms with E-state index in [1.54, 1.807) is 0 Å². The molecule has 1 amide bonds. The van der Waals surface area contributed by atoms with Crippen molar-refractivity contribution in [3.05, 3.63) is 35.9 Å². The first kappa shape index (κ1) is 23.9. The van der Waals surface area contributed by atoms with Gasteiger partial charge in [-0.3, -0.25) is 9.59 Å². The van der Waals surface area contributed by atoms with Crippen LogP contribution in [0.5, 0.6) is 0 Å². The van der Waals surface area contributed by atoms with Crippen LogP contribution in [0.3, 0.4) is 0 Å². The fraction of sp³-hybridized carbons (Fsp3) is 0.500. The SMILES string of the molecule is COC(CCN(C)C(=O)CC(F)(F)F)c1ccccc1.O=CC(F)(F)F. The smallest absolute Gasteiger partial charge is 0.377 e. The van der Waals surface area contributed by atoms with Crippen molar-refractivity contribution in [3.63, 3.8) is 0 Å². The Bertz CT molecular complexity index is 545. The second-order valence-corrected chi connectivity index (χ2v) is 5.19. The van der Waals surface area contributed by atoms with Crippen LogP contribution >= 0.6 is 0 Å². The molecule has 0 aromatic heterocycles. The molecule has 1 rings (SSSR count). The number of halogens is 6. The van der Waals surface area contributed by atoms with Crippen molar-refractivity contribution in [1.82, 2.24) is 4.90 Å². The number of rotatable bonds is 6. The molecule has 0 N–H and O–H groups in total. The summed E-state index contributed by atoms with van der Waals surface area (Å²) in [5.41, 5.74) is 0.937. The van der Waals surface area contributed by atoms with Crippen molar-refractivity contribution in [2.75, 3.05) is 20.7 Å². The predicted molar refractivity (Wildman–Crippen MR) is 81.2 cm³/mol. The molecule has 0 heterocycles. The number of ether oxygens (including phenoxy) is 1. The predicted octanol–water partition coefficient (Wildman–Crippen LogP) is 3.92. The summed E-state index contributed by atoms with van der Waals surface area (Å²) in [6, 6.07) is 9.35. The Balaban J connectivity index is 0.000000896. The Hall–Kier alpha value is -2.10. The van der Waals surface area contributed by atoms with E-state index in [0.717, 1.165) is 10.5 Å². The zero-order valence-electron chi connectivity index (χ0n) is 14.1. The van der Waals surface area contributed by atoms with E-state index in [0.29, 0.717) is 6.42 Å². The van der Waals surface area contributed by atoms with E-state index in [2.05, 4.69) is 0 Å². The molecule has 0 aliphatic rings. The highest BCUT2D eigenvalue weighted by atomic mass is 19.4. The number of methoxy groups -OCH3 is 1. The van der Waals surface area contributed by atoms with Gasteiger partial charge in [0.15, 0.2) is 0 Å². The third-order valence-corrected chi connectivity index (χ3v) is 3.09. The maximum absolute atomic E-state index is 12.1. The van der Waals surface area contributed by atoms with Gasteiger partial charge in [-0.15, -0.1) is 0 Å². The molecule has 1 unspecified atom stereocenters. The molecule has 148 valence electrons. The van der Waals surface area contributed by atoms with E-state index in [-0.39, 0.29) is 12.6 Å². The van der Waals surface area contributed by atoms with E-state index < -0.39 is 31.0 Å². The summed E-state index contributed by atoms with van der Waals surface area (Å²) in [5.74, 6) is -0.930. The lowest BCUT2D eigenvalue weighted by atomic mass is 10.1. The van der Waals surface area contributed by atoms with Crippen molar-refractivity contribution in [2.24, 2.45) is 0 Å². The van der Waals surface area contributed by atoms with Gasteiger partial charge in [-0.1, -0.05) is 30.3 Å². The second kappa shape index (κ2) is 10.8. The van der Waals surface area contributed by atoms with E-state index >= 15 is 0 Å². The van der Waals surface area contributed by atoms with E-state index in [1.165, 1.54) is 14.2 Å². The van der Waals surface area contributed by atoms with E-state index in [4.69, 9.17) is 9.53 Å². The first-order valence-electron chi connectivity index (χ1n) is 7.31. The summed E-state index contributed by atoms with van der Waals surface area (Å²) in [5, 5.41) is 0. The van der Waals surface area contributed by atoms with Gasteiger partial charge in [0.25, 0.3) is 0 Å². The summed E-state index contributed by atoms with van der Waals surface area (Å²) < 4.78 is 72.9. The number of aldehydes is 1. The minimum absolute atomic E-state index is 0.211. The fourth-order valence-corrected chi connectivity index (χ4v) is 1.83. The molecule has 10 heteroatoms. The maximum Gasteiger partial charge on any atom is 0.446 e. The molecule has 0 aliphatic heterocycles. The van der Waals surface area contributed by atoms with Crippen LogP contribution in [-0.2, 0) is 14.3 Å². The third-order valence-electron chi connectivity index (χ3n) is 3.09. The molecule has 0 fully saturated rings. The summed E-state index contributed by atoms with van der Waals surface area (Å²) >= 11 is 0. The number of alkyl halides is 6. The fourth-order valence-electron chi connectivity index (χ4n) is 1.83. The third kappa shape index (κ3) is 11.5. The van der Waals surface area contributed by atoms with Gasteiger partial charge in [0.1, 0.15) is 6.42 Å². The van der Waals surface area contributed by atoms with E-state index in [1.807, 2.05) is 30.3 Å². The number of amides is 1. The van der Waals surface area contributed by atoms with Crippen LogP contribution in [0, 0.1) is 0 Å². The molecule has 0 bridgehead atoms. The molecule has 0 spiro atoms. The van der Waals surface area contributed by atoms with Crippen LogP contribution in [0.2, 0.25) is 0 Å². The van der Waals surface area contributed by atoms with Gasteiger partial charge in [-0.25, -0.2) is 0 Å². The van der Waals surface area contributed by atoms with Crippen molar-refractivity contribution >= 4 is 12.2 Å². The van der Waals surface area contributed by atoms with Crippen LogP contribution in [-0.4, -0.2) is 50.1 Å². The van der Waals surface area contributed by atoms with Crippen molar-refractivity contribution in [2.45, 2.75) is 31.3 Å². The van der Waals surface area contributed by atoms with Crippen molar-refractivity contribution in [1.29, 1.82) is 0 Å². The van der Waals surface area contributed by atoms with Gasteiger partial charge in [0.05, 0.1) is 6.10 Å². The van der Waals surface area contributed by atoms with Gasteiger partial charge in [0.2, 0.25) is 12.2 Å². The largest absolute Gasteiger partial charge is 0.446 e. The van der Waals surface area contributed by atoms with Crippen LogP contribution in [0.4, 0.5) is 26.3 Å². The van der Waals surface area contributed by atoms with Gasteiger partial charge in [0, 0.05) is 20.7 Å². The van der Waals surface area contributed by atoms with Crippen molar-refractivity contribution in [3.8, 4) is 0 Å². The zero-order valence-corrected chi connectivity index (χ0v) is 14.1. The minimum Gasteiger partial charge on any atom is -0.377 e. The molecule has 1 aromatic carbocycles. The summed E-state index contributed by atoms with van der Waals surface area (Å²) in [7, 11) is 2.90. The number of hydrogen-bond donors (Lipinski definition) is 0. The average Bonchev–Trinajstić information content (AvgIpc) is 2.54. The lowest BCUT2D eigenvalue weighted by Gasteiger charge is -2.22. The highest BCUT2D eigenvalue weighted by molar-refractivity contribution is 5.76. The standard InChI is InChI=1S/C14H18F3NO2.C2HF3O/c1-18(13(19)10-14(15,16)17)9-8-12(20-2)11-6-4-3-5-7-11;3-2(4,5)1-6/h3-7,12H,8-10H2,1-2H3;1H. The van der Waals surface area contributed by atoms with Crippen LogP contribution in [0.1, 0.15) is 24.5 Å². The average molecular weight is 387 g/mol. The summed E-state index contributed by atoms with van der Waals surface area (Å²) in [4.78, 5) is 21.1. The molecule has 4 nitrogen and oxygen atoms in total. The molecule has 0 aliphatic carbocycles. The quantitative estimate of drug-likeness (QED) is 0.549. The van der Waals surface area contributed by atoms with Crippen LogP contribution < -0.4 is 0 Å². The first-order valence-corrected chi connectivity index (χ1v) is 7.31. The summed E-state index contributed by atoms with van der Waals surface area (Å²) in [6.07, 6.45) is -11.4. The van der Waals surface area contributed by atoms with Crippen LogP contribution in [0.25, 0.3) is 0 Å². The molecular formula is C16H19F6NO3. The zero-order chi connectivity index (χ0) is 20.4. The minimum atomic E-state index is -4.64. The second-order valence-electron chi connectivity index (χ2n) is 5.19. The number of carbonyl (C=O) groups is 2. The monoisotopic (exact) mass is 387 g/mol. The normalized spacial score (nSPS) is 12.6. The Kier molecular flexibility index (Phi) is 9.92. The molecule has 0 radical (unpaired) electrons. The Labute approximate surface area is 146 Å². The number of hydrogen-bond acceptors (Lipinski definition) is 3. The van der Waals surface area contributed by atoms with E-state index in [9.17, 15) is 31.1 Å². The molecule has 26 heavy (non-hydrogen) atoms. The van der Waals surface area contributed by atoms with Gasteiger partial charge < -0.3 is 9.64 Å². The first-order chi connectivity index (χ1) is 11.9. The number of nitrogens with zero attached hydrogens (tertiary/aromatic N) is 1. The van der Waals surface area contributed by atoms with Gasteiger partial charge in [-0.05, 0) is 12.0 Å². The molecule has 0 saturated carbocycles. The Morgan fingerprint density at radius 2 is 1.65 bits per heavy atom. The Morgan fingerprint density at radius 3 is 2.04 bits per heavy atom. The Morgan fingerprint density at radius 1 is 1.15 bits per heavy atom. The van der Waals surface area contributed by atoms with Crippen molar-refractivity contribution < 1.29 is 40.7 Å². The highest BCUT2D eigenvalue weighted by Crippen LogP contribution is 2.22. The molecule has 1 aromatic rings. The molecule has 1 atom stereocenters. The topological polar surface area (TPSA) is 46.6 Å². The summed E-state index contributed by atoms with van der Waals surface area (Å²) in [6.45, 7) is 0.211. The lowest BCUT2D eigenvalue weighted by Crippen LogP contribution is -2.32. The van der Waals surface area contributed by atoms with Gasteiger partial charge >= 0.3 is 12.4 Å². The van der Waals surface area contributed by atoms with Gasteiger partial charge in [-0.2, -0.15) is 26.3 Å². The lowest BCUT2D eigenvalue weighted by molar-refractivity contribution is -0.160. The molecule has 0 saturated heterocycles. The maximum atomic E-state index is 12.1. The van der Waals surface area contributed by atoms with Crippen LogP contribution in [0.15, 0.2) is 30.3 Å². The highest BCUT2D eigenvalue weighted by Gasteiger charge is 2.32.